The Hall–Kier alpha value is -1.84. The van der Waals surface area contributed by atoms with Crippen LogP contribution in [0.25, 0.3) is 0 Å². The maximum Gasteiger partial charge on any atom is 0.171 e. The van der Waals surface area contributed by atoms with E-state index in [1.807, 2.05) is 18.2 Å². The van der Waals surface area contributed by atoms with Crippen molar-refractivity contribution in [1.82, 2.24) is 14.8 Å². The van der Waals surface area contributed by atoms with Crippen LogP contribution in [0.2, 0.25) is 0 Å². The first-order valence-electron chi connectivity index (χ1n) is 7.14. The minimum absolute atomic E-state index is 0.313. The van der Waals surface area contributed by atoms with Gasteiger partial charge in [0.1, 0.15) is 18.2 Å². The van der Waals surface area contributed by atoms with Crippen LogP contribution in [0.4, 0.5) is 0 Å². The van der Waals surface area contributed by atoms with Crippen LogP contribution in [0, 0.1) is 12.3 Å². The molecule has 0 aliphatic carbocycles. The molecule has 1 aliphatic rings. The first-order chi connectivity index (χ1) is 9.53. The number of hydrogen-bond donors (Lipinski definition) is 0. The highest BCUT2D eigenvalue weighted by Crippen LogP contribution is 2.30. The molecular weight excluding hydrogens is 250 g/mol. The van der Waals surface area contributed by atoms with E-state index in [-0.39, 0.29) is 0 Å². The van der Waals surface area contributed by atoms with Crippen LogP contribution >= 0.6 is 0 Å². The lowest BCUT2D eigenvalue weighted by atomic mass is 9.85. The zero-order valence-electron chi connectivity index (χ0n) is 12.4. The minimum atomic E-state index is 0.313. The molecule has 0 bridgehead atoms. The summed E-state index contributed by atoms with van der Waals surface area (Å²) in [5.41, 5.74) is 1.51. The molecule has 0 atom stereocenters. The van der Waals surface area contributed by atoms with Gasteiger partial charge in [0.25, 0.3) is 0 Å². The SMILES string of the molecule is Cc1cccc(OCc2nnc3n2CC(C)(C)CC3)c1. The van der Waals surface area contributed by atoms with Crippen LogP contribution in [-0.4, -0.2) is 14.8 Å². The first-order valence-corrected chi connectivity index (χ1v) is 7.14. The molecule has 3 rings (SSSR count). The number of ether oxygens (including phenoxy) is 1. The molecule has 106 valence electrons. The molecule has 0 amide bonds. The average molecular weight is 271 g/mol. The second-order valence-corrected chi connectivity index (χ2v) is 6.39. The number of aryl methyl sites for hydroxylation is 2. The third kappa shape index (κ3) is 2.69. The number of hydrogen-bond acceptors (Lipinski definition) is 3. The van der Waals surface area contributed by atoms with Crippen molar-refractivity contribution < 1.29 is 4.74 Å². The molecule has 4 heteroatoms. The minimum Gasteiger partial charge on any atom is -0.486 e. The highest BCUT2D eigenvalue weighted by molar-refractivity contribution is 5.27. The van der Waals surface area contributed by atoms with Gasteiger partial charge in [0.2, 0.25) is 0 Å². The van der Waals surface area contributed by atoms with Gasteiger partial charge in [-0.2, -0.15) is 0 Å². The van der Waals surface area contributed by atoms with Crippen LogP contribution in [0.3, 0.4) is 0 Å². The van der Waals surface area contributed by atoms with Crippen LogP contribution in [0.5, 0.6) is 5.75 Å². The molecule has 2 aromatic rings. The van der Waals surface area contributed by atoms with E-state index in [0.717, 1.165) is 30.4 Å². The normalized spacial score (nSPS) is 16.8. The summed E-state index contributed by atoms with van der Waals surface area (Å²) in [4.78, 5) is 0. The molecule has 0 spiro atoms. The van der Waals surface area contributed by atoms with Gasteiger partial charge < -0.3 is 9.30 Å². The van der Waals surface area contributed by atoms with Gasteiger partial charge in [-0.25, -0.2) is 0 Å². The molecule has 0 radical (unpaired) electrons. The Bertz CT molecular complexity index is 616. The lowest BCUT2D eigenvalue weighted by molar-refractivity contribution is 0.227. The monoisotopic (exact) mass is 271 g/mol. The van der Waals surface area contributed by atoms with Crippen molar-refractivity contribution in [2.45, 2.75) is 46.8 Å². The maximum atomic E-state index is 5.84. The van der Waals surface area contributed by atoms with E-state index < -0.39 is 0 Å². The van der Waals surface area contributed by atoms with Gasteiger partial charge in [-0.1, -0.05) is 26.0 Å². The molecule has 1 aromatic carbocycles. The predicted molar refractivity (Wildman–Crippen MR) is 77.6 cm³/mol. The number of nitrogens with zero attached hydrogens (tertiary/aromatic N) is 3. The number of aromatic nitrogens is 3. The van der Waals surface area contributed by atoms with Crippen LogP contribution in [-0.2, 0) is 19.6 Å². The summed E-state index contributed by atoms with van der Waals surface area (Å²) in [5, 5.41) is 8.57. The summed E-state index contributed by atoms with van der Waals surface area (Å²) < 4.78 is 8.06. The molecule has 0 fully saturated rings. The van der Waals surface area contributed by atoms with Crippen LogP contribution in [0.1, 0.15) is 37.5 Å². The quantitative estimate of drug-likeness (QED) is 0.861. The summed E-state index contributed by atoms with van der Waals surface area (Å²) in [6, 6.07) is 8.09. The van der Waals surface area contributed by atoms with E-state index in [4.69, 9.17) is 4.74 Å². The van der Waals surface area contributed by atoms with E-state index in [1.165, 1.54) is 12.0 Å². The molecule has 0 saturated heterocycles. The molecule has 1 aromatic heterocycles. The molecule has 0 N–H and O–H groups in total. The van der Waals surface area contributed by atoms with Gasteiger partial charge in [0.15, 0.2) is 5.82 Å². The van der Waals surface area contributed by atoms with Crippen molar-refractivity contribution in [3.63, 3.8) is 0 Å². The Morgan fingerprint density at radius 1 is 1.30 bits per heavy atom. The van der Waals surface area contributed by atoms with Crippen molar-refractivity contribution in [2.75, 3.05) is 0 Å². The van der Waals surface area contributed by atoms with Crippen molar-refractivity contribution in [1.29, 1.82) is 0 Å². The van der Waals surface area contributed by atoms with Gasteiger partial charge >= 0.3 is 0 Å². The summed E-state index contributed by atoms with van der Waals surface area (Å²) in [6.07, 6.45) is 2.17. The van der Waals surface area contributed by atoms with E-state index in [1.54, 1.807) is 0 Å². The number of rotatable bonds is 3. The van der Waals surface area contributed by atoms with Crippen LogP contribution in [0.15, 0.2) is 24.3 Å². The highest BCUT2D eigenvalue weighted by atomic mass is 16.5. The van der Waals surface area contributed by atoms with Crippen molar-refractivity contribution >= 4 is 0 Å². The Labute approximate surface area is 119 Å². The van der Waals surface area contributed by atoms with Crippen molar-refractivity contribution in [3.05, 3.63) is 41.5 Å². The van der Waals surface area contributed by atoms with E-state index in [9.17, 15) is 0 Å². The Morgan fingerprint density at radius 2 is 2.15 bits per heavy atom. The third-order valence-electron chi connectivity index (χ3n) is 3.87. The lowest BCUT2D eigenvalue weighted by Gasteiger charge is -2.30. The smallest absolute Gasteiger partial charge is 0.171 e. The molecule has 0 saturated carbocycles. The fourth-order valence-corrected chi connectivity index (χ4v) is 2.66. The molecule has 2 heterocycles. The summed E-state index contributed by atoms with van der Waals surface area (Å²) >= 11 is 0. The van der Waals surface area contributed by atoms with Crippen molar-refractivity contribution in [2.24, 2.45) is 5.41 Å². The fraction of sp³-hybridized carbons (Fsp3) is 0.500. The van der Waals surface area contributed by atoms with Gasteiger partial charge in [-0.3, -0.25) is 0 Å². The Morgan fingerprint density at radius 3 is 2.95 bits per heavy atom. The van der Waals surface area contributed by atoms with Crippen LogP contribution < -0.4 is 4.74 Å². The zero-order chi connectivity index (χ0) is 14.2. The summed E-state index contributed by atoms with van der Waals surface area (Å²) in [5.74, 6) is 2.90. The lowest BCUT2D eigenvalue weighted by Crippen LogP contribution is -2.28. The fourth-order valence-electron chi connectivity index (χ4n) is 2.66. The van der Waals surface area contributed by atoms with Crippen molar-refractivity contribution in [3.8, 4) is 5.75 Å². The topological polar surface area (TPSA) is 39.9 Å². The Balaban J connectivity index is 1.74. The summed E-state index contributed by atoms with van der Waals surface area (Å²) in [7, 11) is 0. The van der Waals surface area contributed by atoms with Gasteiger partial charge in [-0.05, 0) is 36.5 Å². The first kappa shape index (κ1) is 13.2. The van der Waals surface area contributed by atoms with E-state index in [2.05, 4.69) is 41.6 Å². The van der Waals surface area contributed by atoms with Gasteiger partial charge in [-0.15, -0.1) is 10.2 Å². The summed E-state index contributed by atoms with van der Waals surface area (Å²) in [6.45, 7) is 8.10. The molecule has 4 nitrogen and oxygen atoms in total. The largest absolute Gasteiger partial charge is 0.486 e. The average Bonchev–Trinajstić information content (AvgIpc) is 2.77. The second-order valence-electron chi connectivity index (χ2n) is 6.39. The Kier molecular flexibility index (Phi) is 3.24. The number of fused-ring (bicyclic) bond motifs is 1. The standard InChI is InChI=1S/C16H21N3O/c1-12-5-4-6-13(9-12)20-10-15-18-17-14-7-8-16(2,3)11-19(14)15/h4-6,9H,7-8,10-11H2,1-3H3. The molecule has 20 heavy (non-hydrogen) atoms. The third-order valence-corrected chi connectivity index (χ3v) is 3.87. The predicted octanol–water partition coefficient (Wildman–Crippen LogP) is 3.14. The zero-order valence-corrected chi connectivity index (χ0v) is 12.4. The van der Waals surface area contributed by atoms with Gasteiger partial charge in [0, 0.05) is 13.0 Å². The second kappa shape index (κ2) is 4.93. The highest BCUT2D eigenvalue weighted by Gasteiger charge is 2.28. The maximum absolute atomic E-state index is 5.84. The van der Waals surface area contributed by atoms with Gasteiger partial charge in [0.05, 0.1) is 0 Å². The molecule has 1 aliphatic heterocycles. The molecule has 0 unspecified atom stereocenters. The number of benzene rings is 1. The molecular formula is C16H21N3O. The van der Waals surface area contributed by atoms with E-state index in [0.29, 0.717) is 12.0 Å². The van der Waals surface area contributed by atoms with E-state index >= 15 is 0 Å².